The van der Waals surface area contributed by atoms with Crippen molar-refractivity contribution in [2.24, 2.45) is 0 Å². The number of benzene rings is 8. The summed E-state index contributed by atoms with van der Waals surface area (Å²) in [5.41, 5.74) is 0. The number of halogens is 8. The van der Waals surface area contributed by atoms with Gasteiger partial charge in [0.25, 0.3) is 0 Å². The molecule has 0 aromatic heterocycles. The highest BCUT2D eigenvalue weighted by Gasteiger charge is 2.62. The van der Waals surface area contributed by atoms with E-state index in [1.54, 1.807) is 23.5 Å². The van der Waals surface area contributed by atoms with Crippen LogP contribution in [0, 0.1) is 0 Å². The third-order valence-electron chi connectivity index (χ3n) is 8.77. The molecule has 0 unspecified atom stereocenters. The van der Waals surface area contributed by atoms with E-state index >= 15 is 0 Å². The summed E-state index contributed by atoms with van der Waals surface area (Å²) < 4.78 is 97.4. The Morgan fingerprint density at radius 1 is 0.382 bits per heavy atom. The van der Waals surface area contributed by atoms with E-state index in [-0.39, 0.29) is 0 Å². The lowest BCUT2D eigenvalue weighted by Crippen LogP contribution is -2.38. The standard InChI is InChI=1S/2C24H19PS.C2H2F5O4P.CHF3/c2*1-4-10-20(11-5-1)25(21-12-6-2-7-13-21)22-16-18-24(19-17-22)26-23-14-8-3-9-15-23;3-1(4,5)2(6,7)11-12(8,9)10;2-1(3)4/h2*1-19H;(H2,8,9,10);1H. The van der Waals surface area contributed by atoms with Gasteiger partial charge in [-0.25, -0.2) is 9.09 Å². The molecule has 8 aromatic rings. The fourth-order valence-corrected chi connectivity index (χ4v) is 12.6. The van der Waals surface area contributed by atoms with Gasteiger partial charge in [0.1, 0.15) is 0 Å². The smallest absolute Gasteiger partial charge is 0.303 e. The van der Waals surface area contributed by atoms with E-state index in [2.05, 4.69) is 235 Å². The van der Waals surface area contributed by atoms with E-state index in [0.29, 0.717) is 0 Å². The largest absolute Gasteiger partial charge is 0.483 e. The van der Waals surface area contributed by atoms with Crippen LogP contribution in [-0.2, 0) is 9.09 Å². The van der Waals surface area contributed by atoms with Gasteiger partial charge in [-0.2, -0.15) is 35.1 Å². The number of hydrogen-bond acceptors (Lipinski definition) is 4. The maximum Gasteiger partial charge on any atom is 0.483 e. The van der Waals surface area contributed by atoms with Crippen molar-refractivity contribution in [2.75, 3.05) is 0 Å². The summed E-state index contributed by atoms with van der Waals surface area (Å²) in [7, 11) is -6.91. The Labute approximate surface area is 400 Å². The molecule has 0 radical (unpaired) electrons. The van der Waals surface area contributed by atoms with Crippen LogP contribution in [-0.4, -0.2) is 28.8 Å². The summed E-state index contributed by atoms with van der Waals surface area (Å²) >= 11 is 3.61. The van der Waals surface area contributed by atoms with Crippen LogP contribution in [0.2, 0.25) is 0 Å². The van der Waals surface area contributed by atoms with Crippen molar-refractivity contribution >= 4 is 79.0 Å². The lowest BCUT2D eigenvalue weighted by atomic mass is 10.3. The van der Waals surface area contributed by atoms with Crippen LogP contribution in [0.1, 0.15) is 0 Å². The minimum Gasteiger partial charge on any atom is -0.303 e. The van der Waals surface area contributed by atoms with Crippen LogP contribution in [0.3, 0.4) is 0 Å². The second-order valence-corrected chi connectivity index (χ2v) is 21.6. The molecule has 4 nitrogen and oxygen atoms in total. The Kier molecular flexibility index (Phi) is 21.0. The zero-order valence-electron chi connectivity index (χ0n) is 35.4. The van der Waals surface area contributed by atoms with Crippen LogP contribution in [0.15, 0.2) is 250 Å². The minimum atomic E-state index is -6.14. The highest BCUT2D eigenvalue weighted by Crippen LogP contribution is 2.49. The normalized spacial score (nSPS) is 11.4. The van der Waals surface area contributed by atoms with E-state index in [1.165, 1.54) is 51.4 Å². The predicted octanol–water partition coefficient (Wildman–Crippen LogP) is 13.6. The number of hydrogen-bond donors (Lipinski definition) is 2. The molecule has 0 aliphatic heterocycles. The first-order valence-electron chi connectivity index (χ1n) is 20.1. The van der Waals surface area contributed by atoms with Gasteiger partial charge < -0.3 is 9.79 Å². The number of phosphoric acid groups is 1. The molecule has 8 aromatic carbocycles. The first-order valence-corrected chi connectivity index (χ1v) is 25.9. The van der Waals surface area contributed by atoms with E-state index in [0.717, 1.165) is 0 Å². The van der Waals surface area contributed by atoms with Gasteiger partial charge in [0.05, 0.1) is 0 Å². The van der Waals surface area contributed by atoms with Gasteiger partial charge in [0.2, 0.25) is 0 Å². The molecule has 0 aliphatic rings. The molecule has 8 rings (SSSR count). The van der Waals surface area contributed by atoms with Crippen molar-refractivity contribution in [3.8, 4) is 0 Å². The second-order valence-electron chi connectivity index (χ2n) is 13.7. The molecule has 0 amide bonds. The Bertz CT molecular complexity index is 2450. The minimum absolute atomic E-state index is 0.527. The maximum absolute atomic E-state index is 11.6. The van der Waals surface area contributed by atoms with Crippen LogP contribution >= 0.6 is 47.2 Å². The lowest BCUT2D eigenvalue weighted by molar-refractivity contribution is -0.364. The first kappa shape index (κ1) is 53.8. The van der Waals surface area contributed by atoms with Crippen LogP contribution in [0.25, 0.3) is 0 Å². The fraction of sp³-hybridized carbons (Fsp3) is 0.0588. The molecule has 0 heterocycles. The highest BCUT2D eigenvalue weighted by molar-refractivity contribution is 7.99. The SMILES string of the molecule is FC(F)F.O=P(O)(O)OC(F)(F)C(F)(F)F.c1ccc(Sc2ccc(P(c3ccccc3)c3ccccc3)cc2)cc1.c1ccc(Sc2ccc(P(c3ccccc3)c3ccccc3)cc2)cc1. The van der Waals surface area contributed by atoms with Crippen molar-refractivity contribution in [1.82, 2.24) is 0 Å². The van der Waals surface area contributed by atoms with Crippen molar-refractivity contribution in [2.45, 2.75) is 38.5 Å². The van der Waals surface area contributed by atoms with Gasteiger partial charge >= 0.3 is 26.8 Å². The molecule has 0 spiro atoms. The summed E-state index contributed by atoms with van der Waals surface area (Å²) in [4.78, 5) is 20.3. The summed E-state index contributed by atoms with van der Waals surface area (Å²) in [5.74, 6) is 0. The average Bonchev–Trinajstić information content (AvgIpc) is 3.32. The summed E-state index contributed by atoms with van der Waals surface area (Å²) in [6.07, 6.45) is -12.0. The maximum atomic E-state index is 11.6. The number of phosphoric ester groups is 1. The van der Waals surface area contributed by atoms with Crippen molar-refractivity contribution in [1.29, 1.82) is 0 Å². The topological polar surface area (TPSA) is 66.8 Å². The molecular formula is C51H41F8O4P3S2. The van der Waals surface area contributed by atoms with Gasteiger partial charge in [-0.15, -0.1) is 0 Å². The highest BCUT2D eigenvalue weighted by atomic mass is 32.2. The molecule has 0 saturated carbocycles. The van der Waals surface area contributed by atoms with Gasteiger partial charge in [-0.1, -0.05) is 206 Å². The van der Waals surface area contributed by atoms with E-state index in [1.807, 2.05) is 0 Å². The van der Waals surface area contributed by atoms with Gasteiger partial charge in [-0.05, 0) is 96.2 Å². The quantitative estimate of drug-likeness (QED) is 0.0939. The lowest BCUT2D eigenvalue weighted by Gasteiger charge is -2.19. The first-order chi connectivity index (χ1) is 32.5. The molecular weight excluding hydrogens is 986 g/mol. The van der Waals surface area contributed by atoms with Crippen molar-refractivity contribution in [3.05, 3.63) is 231 Å². The molecule has 0 fully saturated rings. The van der Waals surface area contributed by atoms with Crippen molar-refractivity contribution in [3.63, 3.8) is 0 Å². The third kappa shape index (κ3) is 18.1. The molecule has 2 N–H and O–H groups in total. The molecule has 352 valence electrons. The summed E-state index contributed by atoms with van der Waals surface area (Å²) in [5, 5.41) is 8.31. The number of rotatable bonds is 12. The summed E-state index contributed by atoms with van der Waals surface area (Å²) in [6, 6.07) is 82.5. The molecule has 0 bridgehead atoms. The fourth-order valence-electron chi connectivity index (χ4n) is 5.98. The van der Waals surface area contributed by atoms with Crippen LogP contribution in [0.4, 0.5) is 35.1 Å². The van der Waals surface area contributed by atoms with E-state index in [9.17, 15) is 39.7 Å². The molecule has 0 atom stereocenters. The van der Waals surface area contributed by atoms with E-state index in [4.69, 9.17) is 9.79 Å². The van der Waals surface area contributed by atoms with Gasteiger partial charge in [-0.3, -0.25) is 0 Å². The zero-order chi connectivity index (χ0) is 49.0. The Morgan fingerprint density at radius 3 is 0.794 bits per heavy atom. The third-order valence-corrected chi connectivity index (χ3v) is 16.2. The second kappa shape index (κ2) is 26.6. The molecule has 17 heteroatoms. The Hall–Kier alpha value is -5.13. The van der Waals surface area contributed by atoms with Crippen molar-refractivity contribution < 1.29 is 54.0 Å². The van der Waals surface area contributed by atoms with Crippen LogP contribution < -0.4 is 31.8 Å². The average molecular weight is 1030 g/mol. The monoisotopic (exact) mass is 1030 g/mol. The Balaban J connectivity index is 0.000000195. The van der Waals surface area contributed by atoms with Gasteiger partial charge in [0.15, 0.2) is 0 Å². The number of alkyl halides is 8. The van der Waals surface area contributed by atoms with E-state index < -0.39 is 42.6 Å². The molecule has 0 saturated heterocycles. The Morgan fingerprint density at radius 2 is 0.588 bits per heavy atom. The van der Waals surface area contributed by atoms with Crippen LogP contribution in [0.5, 0.6) is 0 Å². The molecule has 68 heavy (non-hydrogen) atoms. The zero-order valence-corrected chi connectivity index (χ0v) is 39.7. The molecule has 0 aliphatic carbocycles. The predicted molar refractivity (Wildman–Crippen MR) is 263 cm³/mol. The van der Waals surface area contributed by atoms with Gasteiger partial charge in [0, 0.05) is 19.6 Å². The summed E-state index contributed by atoms with van der Waals surface area (Å²) in [6.45, 7) is -3.67.